The molecule has 2 saturated heterocycles. The highest BCUT2D eigenvalue weighted by Crippen LogP contribution is 2.49. The third kappa shape index (κ3) is 3.37. The predicted molar refractivity (Wildman–Crippen MR) is 127 cm³/mol. The molecule has 3 heterocycles. The Morgan fingerprint density at radius 2 is 1.53 bits per heavy atom. The van der Waals surface area contributed by atoms with Gasteiger partial charge in [-0.1, -0.05) is 24.3 Å². The van der Waals surface area contributed by atoms with E-state index in [0.29, 0.717) is 6.54 Å². The lowest BCUT2D eigenvalue weighted by atomic mass is 9.63. The second-order valence-corrected chi connectivity index (χ2v) is 10.5. The molecule has 32 heavy (non-hydrogen) atoms. The molecule has 0 N–H and O–H groups in total. The fourth-order valence-electron chi connectivity index (χ4n) is 6.25. The van der Waals surface area contributed by atoms with Crippen molar-refractivity contribution in [1.29, 1.82) is 0 Å². The molecule has 4 atom stereocenters. The molecule has 168 valence electrons. The van der Waals surface area contributed by atoms with Gasteiger partial charge >= 0.3 is 0 Å². The third-order valence-corrected chi connectivity index (χ3v) is 8.80. The second kappa shape index (κ2) is 8.27. The minimum Gasteiger partial charge on any atom is -0.353 e. The Hall–Kier alpha value is -2.25. The number of rotatable bonds is 6. The van der Waals surface area contributed by atoms with Crippen molar-refractivity contribution in [3.63, 3.8) is 0 Å². The van der Waals surface area contributed by atoms with E-state index in [1.807, 2.05) is 0 Å². The normalized spacial score (nSPS) is 30.0. The zero-order valence-electron chi connectivity index (χ0n) is 18.4. The van der Waals surface area contributed by atoms with Crippen LogP contribution < -0.4 is 4.90 Å². The number of allylic oxidation sites excluding steroid dienone is 2. The van der Waals surface area contributed by atoms with Gasteiger partial charge in [-0.05, 0) is 67.7 Å². The van der Waals surface area contributed by atoms with E-state index in [2.05, 4.69) is 46.2 Å². The fourth-order valence-corrected chi connectivity index (χ4v) is 7.04. The number of imide groups is 1. The van der Waals surface area contributed by atoms with Gasteiger partial charge in [0.05, 0.1) is 16.5 Å². The standard InChI is InChI=1S/C25H30N4O2S/c30-24-21-17-7-8-18(10-9-17)22(21)25(31)29(24)12-4-3-11-27-13-15-28(16-14-27)23-19-5-1-2-6-20(19)32-26-23/h1-2,5-8,17-18,21-22H,3-4,9-16H2/t17-,18-,21-,22+/m0/s1. The summed E-state index contributed by atoms with van der Waals surface area (Å²) in [6.07, 6.45) is 8.44. The van der Waals surface area contributed by atoms with Crippen molar-refractivity contribution in [2.75, 3.05) is 44.2 Å². The van der Waals surface area contributed by atoms with E-state index in [9.17, 15) is 9.59 Å². The Labute approximate surface area is 193 Å². The van der Waals surface area contributed by atoms with E-state index in [4.69, 9.17) is 4.37 Å². The zero-order valence-corrected chi connectivity index (χ0v) is 19.2. The zero-order chi connectivity index (χ0) is 21.7. The highest BCUT2D eigenvalue weighted by molar-refractivity contribution is 7.13. The van der Waals surface area contributed by atoms with Crippen LogP contribution in [0.4, 0.5) is 5.82 Å². The average molecular weight is 451 g/mol. The van der Waals surface area contributed by atoms with Crippen molar-refractivity contribution < 1.29 is 9.59 Å². The van der Waals surface area contributed by atoms with Crippen LogP contribution in [0, 0.1) is 23.7 Å². The molecule has 6 nitrogen and oxygen atoms in total. The SMILES string of the molecule is O=C1[C@@H]2[C@H](C(=O)N1CCCCN1CCN(c3nsc4ccccc34)CC1)[C@H]1C=C[C@H]2CC1. The van der Waals surface area contributed by atoms with Crippen LogP contribution in [0.15, 0.2) is 36.4 Å². The molecule has 2 amide bonds. The van der Waals surface area contributed by atoms with Gasteiger partial charge in [-0.3, -0.25) is 19.4 Å². The van der Waals surface area contributed by atoms with Crippen molar-refractivity contribution in [1.82, 2.24) is 14.2 Å². The van der Waals surface area contributed by atoms with Gasteiger partial charge in [0.2, 0.25) is 11.8 Å². The molecule has 1 aromatic heterocycles. The van der Waals surface area contributed by atoms with Gasteiger partial charge in [-0.25, -0.2) is 0 Å². The van der Waals surface area contributed by atoms with Crippen LogP contribution in [0.2, 0.25) is 0 Å². The molecule has 3 aliphatic carbocycles. The Kier molecular flexibility index (Phi) is 5.26. The maximum absolute atomic E-state index is 12.9. The Morgan fingerprint density at radius 3 is 2.22 bits per heavy atom. The number of anilines is 1. The van der Waals surface area contributed by atoms with Crippen LogP contribution in [0.3, 0.4) is 0 Å². The Bertz CT molecular complexity index is 1030. The molecule has 5 aliphatic rings. The molecule has 0 unspecified atom stereocenters. The summed E-state index contributed by atoms with van der Waals surface area (Å²) in [6.45, 7) is 5.68. The van der Waals surface area contributed by atoms with Crippen LogP contribution >= 0.6 is 11.5 Å². The lowest BCUT2D eigenvalue weighted by Gasteiger charge is -2.38. The molecule has 0 spiro atoms. The number of hydrogen-bond acceptors (Lipinski definition) is 6. The molecule has 7 rings (SSSR count). The minimum atomic E-state index is -0.0684. The summed E-state index contributed by atoms with van der Waals surface area (Å²) >= 11 is 1.58. The van der Waals surface area contributed by atoms with Crippen LogP contribution in [-0.2, 0) is 9.59 Å². The molecule has 1 saturated carbocycles. The van der Waals surface area contributed by atoms with E-state index in [-0.39, 0.29) is 35.5 Å². The monoisotopic (exact) mass is 450 g/mol. The third-order valence-electron chi connectivity index (χ3n) is 7.99. The number of unbranched alkanes of at least 4 members (excludes halogenated alkanes) is 1. The van der Waals surface area contributed by atoms with Gasteiger partial charge in [0.15, 0.2) is 0 Å². The number of piperazine rings is 1. The smallest absolute Gasteiger partial charge is 0.233 e. The summed E-state index contributed by atoms with van der Waals surface area (Å²) in [5.74, 6) is 1.77. The molecule has 2 bridgehead atoms. The number of nitrogens with zero attached hydrogens (tertiary/aromatic N) is 4. The van der Waals surface area contributed by atoms with Crippen molar-refractivity contribution in [3.05, 3.63) is 36.4 Å². The molecular formula is C25H30N4O2S. The first kappa shape index (κ1) is 20.4. The summed E-state index contributed by atoms with van der Waals surface area (Å²) in [5, 5.41) is 1.26. The van der Waals surface area contributed by atoms with Gasteiger partial charge in [0.25, 0.3) is 0 Å². The van der Waals surface area contributed by atoms with Crippen molar-refractivity contribution in [2.45, 2.75) is 25.7 Å². The maximum Gasteiger partial charge on any atom is 0.233 e. The first-order valence-electron chi connectivity index (χ1n) is 12.1. The average Bonchev–Trinajstić information content (AvgIpc) is 3.39. The summed E-state index contributed by atoms with van der Waals surface area (Å²) in [7, 11) is 0. The molecule has 3 fully saturated rings. The van der Waals surface area contributed by atoms with Gasteiger partial charge in [0, 0.05) is 38.1 Å². The Morgan fingerprint density at radius 1 is 0.875 bits per heavy atom. The number of carbonyl (C=O) groups excluding carboxylic acids is 2. The Balaban J connectivity index is 0.975. The van der Waals surface area contributed by atoms with Gasteiger partial charge in [-0.15, -0.1) is 0 Å². The van der Waals surface area contributed by atoms with Crippen LogP contribution in [0.5, 0.6) is 0 Å². The number of hydrogen-bond donors (Lipinski definition) is 0. The minimum absolute atomic E-state index is 0.0684. The number of aromatic nitrogens is 1. The van der Waals surface area contributed by atoms with E-state index < -0.39 is 0 Å². The van der Waals surface area contributed by atoms with Gasteiger partial charge < -0.3 is 4.90 Å². The van der Waals surface area contributed by atoms with Crippen LogP contribution in [0.1, 0.15) is 25.7 Å². The highest BCUT2D eigenvalue weighted by atomic mass is 32.1. The first-order valence-corrected chi connectivity index (χ1v) is 12.8. The molecule has 7 heteroatoms. The number of likely N-dealkylation sites (tertiary alicyclic amines) is 1. The highest BCUT2D eigenvalue weighted by Gasteiger charge is 2.56. The lowest BCUT2D eigenvalue weighted by Crippen LogP contribution is -2.46. The maximum atomic E-state index is 12.9. The molecule has 1 aromatic carbocycles. The molecule has 2 aromatic rings. The van der Waals surface area contributed by atoms with Crippen molar-refractivity contribution in [2.24, 2.45) is 23.7 Å². The van der Waals surface area contributed by atoms with E-state index >= 15 is 0 Å². The lowest BCUT2D eigenvalue weighted by molar-refractivity contribution is -0.140. The fraction of sp³-hybridized carbons (Fsp3) is 0.560. The molecular weight excluding hydrogens is 420 g/mol. The number of benzene rings is 1. The summed E-state index contributed by atoms with van der Waals surface area (Å²) in [5.41, 5.74) is 0. The van der Waals surface area contributed by atoms with E-state index in [1.54, 1.807) is 16.4 Å². The summed E-state index contributed by atoms with van der Waals surface area (Å²) in [4.78, 5) is 32.4. The quantitative estimate of drug-likeness (QED) is 0.384. The number of amides is 2. The summed E-state index contributed by atoms with van der Waals surface area (Å²) in [6, 6.07) is 8.46. The van der Waals surface area contributed by atoms with Crippen LogP contribution in [-0.4, -0.2) is 65.3 Å². The first-order chi connectivity index (χ1) is 15.7. The second-order valence-electron chi connectivity index (χ2n) is 9.71. The van der Waals surface area contributed by atoms with Crippen molar-refractivity contribution in [3.8, 4) is 0 Å². The van der Waals surface area contributed by atoms with Crippen molar-refractivity contribution >= 4 is 39.3 Å². The van der Waals surface area contributed by atoms with E-state index in [0.717, 1.165) is 64.2 Å². The predicted octanol–water partition coefficient (Wildman–Crippen LogP) is 3.40. The topological polar surface area (TPSA) is 56.8 Å². The largest absolute Gasteiger partial charge is 0.353 e. The number of fused-ring (bicyclic) bond motifs is 2. The number of carbonyl (C=O) groups is 2. The van der Waals surface area contributed by atoms with Gasteiger partial charge in [-0.2, -0.15) is 4.37 Å². The van der Waals surface area contributed by atoms with E-state index in [1.165, 1.54) is 10.1 Å². The molecule has 0 radical (unpaired) electrons. The van der Waals surface area contributed by atoms with Crippen LogP contribution in [0.25, 0.3) is 10.1 Å². The molecule has 2 aliphatic heterocycles. The summed E-state index contributed by atoms with van der Waals surface area (Å²) < 4.78 is 5.95. The van der Waals surface area contributed by atoms with Gasteiger partial charge in [0.1, 0.15) is 5.82 Å².